The second-order valence-corrected chi connectivity index (χ2v) is 7.70. The maximum atomic E-state index is 14.5. The number of benzene rings is 3. The molecule has 0 amide bonds. The normalized spacial score (nSPS) is 11.0. The summed E-state index contributed by atoms with van der Waals surface area (Å²) in [5.41, 5.74) is 3.55. The van der Waals surface area contributed by atoms with Crippen LogP contribution in [0, 0.1) is 12.7 Å². The number of nitrogens with zero attached hydrogens (tertiary/aromatic N) is 3. The molecule has 0 bridgehead atoms. The number of halogens is 2. The highest BCUT2D eigenvalue weighted by molar-refractivity contribution is 7.98. The van der Waals surface area contributed by atoms with Crippen LogP contribution in [0.4, 0.5) is 4.39 Å². The van der Waals surface area contributed by atoms with Crippen molar-refractivity contribution in [2.75, 3.05) is 0 Å². The lowest BCUT2D eigenvalue weighted by molar-refractivity contribution is 0.629. The molecule has 4 rings (SSSR count). The second-order valence-electron chi connectivity index (χ2n) is 6.32. The Morgan fingerprint density at radius 3 is 2.39 bits per heavy atom. The van der Waals surface area contributed by atoms with Gasteiger partial charge in [-0.2, -0.15) is 0 Å². The lowest BCUT2D eigenvalue weighted by Gasteiger charge is -2.13. The van der Waals surface area contributed by atoms with E-state index in [9.17, 15) is 4.39 Å². The molecule has 140 valence electrons. The fraction of sp³-hybridized carbons (Fsp3) is 0.0909. The van der Waals surface area contributed by atoms with Crippen LogP contribution < -0.4 is 0 Å². The number of aromatic nitrogens is 3. The molecule has 0 spiro atoms. The maximum absolute atomic E-state index is 14.5. The number of hydrogen-bond donors (Lipinski definition) is 0. The largest absolute Gasteiger partial charge is 0.270 e. The van der Waals surface area contributed by atoms with E-state index in [1.54, 1.807) is 30.0 Å². The van der Waals surface area contributed by atoms with E-state index in [0.717, 1.165) is 16.8 Å². The molecule has 4 aromatic rings. The van der Waals surface area contributed by atoms with Gasteiger partial charge in [0.05, 0.1) is 11.3 Å². The van der Waals surface area contributed by atoms with Crippen LogP contribution >= 0.6 is 23.4 Å². The first kappa shape index (κ1) is 18.7. The fourth-order valence-electron chi connectivity index (χ4n) is 2.94. The van der Waals surface area contributed by atoms with Crippen molar-refractivity contribution in [1.29, 1.82) is 0 Å². The van der Waals surface area contributed by atoms with E-state index in [1.165, 1.54) is 6.07 Å². The number of para-hydroxylation sites is 1. The van der Waals surface area contributed by atoms with Crippen LogP contribution in [0.3, 0.4) is 0 Å². The van der Waals surface area contributed by atoms with Gasteiger partial charge in [-0.25, -0.2) is 4.39 Å². The van der Waals surface area contributed by atoms with Gasteiger partial charge in [-0.15, -0.1) is 10.2 Å². The highest BCUT2D eigenvalue weighted by atomic mass is 35.5. The van der Waals surface area contributed by atoms with Gasteiger partial charge in [-0.3, -0.25) is 4.57 Å². The Bertz CT molecular complexity index is 1110. The lowest BCUT2D eigenvalue weighted by Crippen LogP contribution is -2.02. The Labute approximate surface area is 172 Å². The van der Waals surface area contributed by atoms with Crippen molar-refractivity contribution in [3.8, 4) is 17.1 Å². The molecule has 0 N–H and O–H groups in total. The highest BCUT2D eigenvalue weighted by Crippen LogP contribution is 2.32. The Hall–Kier alpha value is -2.63. The predicted octanol–water partition coefficient (Wildman–Crippen LogP) is 6.33. The van der Waals surface area contributed by atoms with E-state index in [1.807, 2.05) is 60.0 Å². The van der Waals surface area contributed by atoms with Crippen molar-refractivity contribution >= 4 is 23.4 Å². The van der Waals surface area contributed by atoms with Gasteiger partial charge in [-0.05, 0) is 48.4 Å². The summed E-state index contributed by atoms with van der Waals surface area (Å²) in [5, 5.41) is 10.1. The quantitative estimate of drug-likeness (QED) is 0.361. The van der Waals surface area contributed by atoms with Gasteiger partial charge in [0.1, 0.15) is 5.82 Å². The number of rotatable bonds is 5. The third-order valence-corrected chi connectivity index (χ3v) is 5.64. The molecule has 0 atom stereocenters. The monoisotopic (exact) mass is 409 g/mol. The van der Waals surface area contributed by atoms with Crippen molar-refractivity contribution in [1.82, 2.24) is 14.8 Å². The molecule has 28 heavy (non-hydrogen) atoms. The topological polar surface area (TPSA) is 30.7 Å². The molecular weight excluding hydrogens is 393 g/mol. The minimum absolute atomic E-state index is 0.320. The Morgan fingerprint density at radius 2 is 1.64 bits per heavy atom. The van der Waals surface area contributed by atoms with Crippen molar-refractivity contribution in [2.24, 2.45) is 0 Å². The summed E-state index contributed by atoms with van der Waals surface area (Å²) in [5.74, 6) is 0.878. The molecule has 0 unspecified atom stereocenters. The zero-order valence-corrected chi connectivity index (χ0v) is 16.7. The molecule has 6 heteroatoms. The molecule has 0 aliphatic heterocycles. The molecule has 3 aromatic carbocycles. The average molecular weight is 410 g/mol. The van der Waals surface area contributed by atoms with Gasteiger partial charge in [0, 0.05) is 10.8 Å². The molecule has 1 heterocycles. The Morgan fingerprint density at radius 1 is 0.929 bits per heavy atom. The summed E-state index contributed by atoms with van der Waals surface area (Å²) in [6.45, 7) is 2.02. The van der Waals surface area contributed by atoms with E-state index in [2.05, 4.69) is 10.2 Å². The number of hydrogen-bond acceptors (Lipinski definition) is 3. The van der Waals surface area contributed by atoms with E-state index in [-0.39, 0.29) is 5.82 Å². The third kappa shape index (κ3) is 3.81. The first-order valence-corrected chi connectivity index (χ1v) is 10.1. The van der Waals surface area contributed by atoms with Gasteiger partial charge in [-0.1, -0.05) is 65.8 Å². The summed E-state index contributed by atoms with van der Waals surface area (Å²) in [4.78, 5) is 0. The van der Waals surface area contributed by atoms with E-state index < -0.39 is 0 Å². The Kier molecular flexibility index (Phi) is 5.46. The summed E-state index contributed by atoms with van der Waals surface area (Å²) in [6.07, 6.45) is 0. The first-order valence-electron chi connectivity index (χ1n) is 8.77. The van der Waals surface area contributed by atoms with E-state index in [4.69, 9.17) is 11.6 Å². The highest BCUT2D eigenvalue weighted by Gasteiger charge is 2.19. The van der Waals surface area contributed by atoms with Crippen LogP contribution in [0.15, 0.2) is 78.0 Å². The third-order valence-electron chi connectivity index (χ3n) is 4.39. The first-order chi connectivity index (χ1) is 13.6. The molecule has 0 aliphatic rings. The summed E-state index contributed by atoms with van der Waals surface area (Å²) < 4.78 is 16.4. The maximum Gasteiger partial charge on any atom is 0.196 e. The lowest BCUT2D eigenvalue weighted by atomic mass is 10.1. The van der Waals surface area contributed by atoms with Gasteiger partial charge in [0.2, 0.25) is 0 Å². The van der Waals surface area contributed by atoms with Crippen LogP contribution in [0.1, 0.15) is 11.1 Å². The van der Waals surface area contributed by atoms with E-state index in [0.29, 0.717) is 27.3 Å². The molecular formula is C22H17ClFN3S. The molecule has 0 fully saturated rings. The molecule has 1 aromatic heterocycles. The zero-order valence-electron chi connectivity index (χ0n) is 15.1. The fourth-order valence-corrected chi connectivity index (χ4v) is 3.97. The predicted molar refractivity (Wildman–Crippen MR) is 113 cm³/mol. The zero-order chi connectivity index (χ0) is 19.5. The summed E-state index contributed by atoms with van der Waals surface area (Å²) in [7, 11) is 0. The average Bonchev–Trinajstić information content (AvgIpc) is 3.12. The van der Waals surface area contributed by atoms with Gasteiger partial charge >= 0.3 is 0 Å². The van der Waals surface area contributed by atoms with E-state index >= 15 is 0 Å². The molecule has 3 nitrogen and oxygen atoms in total. The number of aryl methyl sites for hydroxylation is 1. The smallest absolute Gasteiger partial charge is 0.196 e. The van der Waals surface area contributed by atoms with Crippen molar-refractivity contribution in [3.63, 3.8) is 0 Å². The molecule has 0 saturated carbocycles. The van der Waals surface area contributed by atoms with Crippen molar-refractivity contribution < 1.29 is 4.39 Å². The standard InChI is InChI=1S/C22H17ClFN3S/c1-15-6-2-5-9-20(15)27-21(18-7-3-4-8-19(18)24)25-26-22(27)28-14-16-10-12-17(23)13-11-16/h2-13H,14H2,1H3. The minimum atomic E-state index is -0.320. The van der Waals surface area contributed by atoms with Gasteiger partial charge in [0.15, 0.2) is 11.0 Å². The number of thioether (sulfide) groups is 1. The van der Waals surface area contributed by atoms with Crippen molar-refractivity contribution in [2.45, 2.75) is 17.8 Å². The van der Waals surface area contributed by atoms with Gasteiger partial charge < -0.3 is 0 Å². The van der Waals surface area contributed by atoms with Crippen LogP contribution in [0.2, 0.25) is 5.02 Å². The summed E-state index contributed by atoms with van der Waals surface area (Å²) in [6, 6.07) is 22.3. The van der Waals surface area contributed by atoms with Crippen LogP contribution in [-0.4, -0.2) is 14.8 Å². The molecule has 0 radical (unpaired) electrons. The second kappa shape index (κ2) is 8.17. The van der Waals surface area contributed by atoms with Crippen LogP contribution in [-0.2, 0) is 5.75 Å². The minimum Gasteiger partial charge on any atom is -0.270 e. The van der Waals surface area contributed by atoms with Crippen LogP contribution in [0.25, 0.3) is 17.1 Å². The summed E-state index contributed by atoms with van der Waals surface area (Å²) >= 11 is 7.52. The van der Waals surface area contributed by atoms with Crippen LogP contribution in [0.5, 0.6) is 0 Å². The molecule has 0 aliphatic carbocycles. The van der Waals surface area contributed by atoms with Gasteiger partial charge in [0.25, 0.3) is 0 Å². The molecule has 0 saturated heterocycles. The van der Waals surface area contributed by atoms with Crippen molar-refractivity contribution in [3.05, 3.63) is 94.8 Å². The SMILES string of the molecule is Cc1ccccc1-n1c(SCc2ccc(Cl)cc2)nnc1-c1ccccc1F. The Balaban J connectivity index is 1.77.